The van der Waals surface area contributed by atoms with E-state index in [2.05, 4.69) is 15.0 Å². The quantitative estimate of drug-likeness (QED) is 0.940. The average molecular weight is 308 g/mol. The Balaban J connectivity index is 1.68. The van der Waals surface area contributed by atoms with Crippen LogP contribution in [0.5, 0.6) is 0 Å². The Hall–Kier alpha value is -1.43. The molecule has 2 unspecified atom stereocenters. The molecule has 0 bridgehead atoms. The van der Waals surface area contributed by atoms with Crippen molar-refractivity contribution in [3.05, 3.63) is 35.1 Å². The van der Waals surface area contributed by atoms with Gasteiger partial charge >= 0.3 is 0 Å². The highest BCUT2D eigenvalue weighted by Gasteiger charge is 2.27. The van der Waals surface area contributed by atoms with Crippen molar-refractivity contribution < 1.29 is 9.63 Å². The van der Waals surface area contributed by atoms with Crippen LogP contribution in [0, 0.1) is 5.92 Å². The van der Waals surface area contributed by atoms with E-state index in [1.807, 2.05) is 25.1 Å². The van der Waals surface area contributed by atoms with Crippen molar-refractivity contribution in [3.63, 3.8) is 0 Å². The first-order chi connectivity index (χ1) is 10.1. The maximum Gasteiger partial charge on any atom is 0.259 e. The second-order valence-corrected chi connectivity index (χ2v) is 5.93. The number of halogens is 1. The summed E-state index contributed by atoms with van der Waals surface area (Å²) in [6.45, 7) is 4.30. The molecule has 2 atom stereocenters. The lowest BCUT2D eigenvalue weighted by Gasteiger charge is -2.15. The third kappa shape index (κ3) is 3.26. The second-order valence-electron chi connectivity index (χ2n) is 5.52. The molecule has 5 nitrogen and oxygen atoms in total. The van der Waals surface area contributed by atoms with Crippen LogP contribution in [0.4, 0.5) is 0 Å². The number of hydrogen-bond acceptors (Lipinski definition) is 5. The van der Waals surface area contributed by atoms with Crippen LogP contribution >= 0.6 is 11.6 Å². The van der Waals surface area contributed by atoms with Crippen molar-refractivity contribution in [1.82, 2.24) is 15.0 Å². The molecule has 6 heteroatoms. The molecule has 1 N–H and O–H groups in total. The molecule has 0 aliphatic carbocycles. The molecule has 0 spiro atoms. The van der Waals surface area contributed by atoms with Gasteiger partial charge in [-0.3, -0.25) is 4.90 Å². The van der Waals surface area contributed by atoms with E-state index >= 15 is 0 Å². The van der Waals surface area contributed by atoms with Crippen LogP contribution in [0.2, 0.25) is 5.02 Å². The number of nitrogens with zero attached hydrogens (tertiary/aromatic N) is 3. The Morgan fingerprint density at radius 3 is 3.00 bits per heavy atom. The first-order valence-electron chi connectivity index (χ1n) is 7.11. The lowest BCUT2D eigenvalue weighted by atomic mass is 10.0. The zero-order chi connectivity index (χ0) is 14.8. The standard InChI is InChI=1S/C15H18ClN3O2/c1-10(20)11-6-7-19(8-11)9-14-17-15(21-18-14)12-4-2-3-5-13(12)16/h2-5,10-11,20H,6-9H2,1H3. The molecule has 0 saturated carbocycles. The molecule has 1 aromatic carbocycles. The summed E-state index contributed by atoms with van der Waals surface area (Å²) < 4.78 is 5.29. The number of hydrogen-bond donors (Lipinski definition) is 1. The molecule has 112 valence electrons. The third-order valence-electron chi connectivity index (χ3n) is 3.93. The van der Waals surface area contributed by atoms with Crippen LogP contribution < -0.4 is 0 Å². The summed E-state index contributed by atoms with van der Waals surface area (Å²) in [6, 6.07) is 7.41. The van der Waals surface area contributed by atoms with Crippen LogP contribution in [-0.2, 0) is 6.54 Å². The minimum Gasteiger partial charge on any atom is -0.393 e. The van der Waals surface area contributed by atoms with E-state index in [1.165, 1.54) is 0 Å². The second kappa shape index (κ2) is 6.13. The van der Waals surface area contributed by atoms with Gasteiger partial charge in [0.2, 0.25) is 0 Å². The fourth-order valence-electron chi connectivity index (χ4n) is 2.66. The fraction of sp³-hybridized carbons (Fsp3) is 0.467. The number of aliphatic hydroxyl groups is 1. The maximum atomic E-state index is 9.63. The molecule has 1 aliphatic rings. The largest absolute Gasteiger partial charge is 0.393 e. The molecular weight excluding hydrogens is 290 g/mol. The van der Waals surface area contributed by atoms with Gasteiger partial charge in [-0.1, -0.05) is 28.9 Å². The van der Waals surface area contributed by atoms with Gasteiger partial charge in [-0.15, -0.1) is 0 Å². The van der Waals surface area contributed by atoms with E-state index in [9.17, 15) is 5.11 Å². The molecule has 3 rings (SSSR count). The molecule has 0 radical (unpaired) electrons. The fourth-order valence-corrected chi connectivity index (χ4v) is 2.88. The summed E-state index contributed by atoms with van der Waals surface area (Å²) in [5, 5.41) is 14.2. The number of rotatable bonds is 4. The zero-order valence-electron chi connectivity index (χ0n) is 11.9. The monoisotopic (exact) mass is 307 g/mol. The van der Waals surface area contributed by atoms with Gasteiger partial charge in [0, 0.05) is 6.54 Å². The van der Waals surface area contributed by atoms with Crippen LogP contribution in [0.15, 0.2) is 28.8 Å². The highest BCUT2D eigenvalue weighted by molar-refractivity contribution is 6.33. The molecule has 1 fully saturated rings. The van der Waals surface area contributed by atoms with Gasteiger partial charge in [0.25, 0.3) is 5.89 Å². The number of aromatic nitrogens is 2. The summed E-state index contributed by atoms with van der Waals surface area (Å²) >= 11 is 6.13. The average Bonchev–Trinajstić information content (AvgIpc) is 3.09. The van der Waals surface area contributed by atoms with Gasteiger partial charge in [-0.2, -0.15) is 4.98 Å². The van der Waals surface area contributed by atoms with E-state index in [-0.39, 0.29) is 6.10 Å². The summed E-state index contributed by atoms with van der Waals surface area (Å²) in [5.74, 6) is 1.43. The molecule has 1 aliphatic heterocycles. The Morgan fingerprint density at radius 2 is 2.29 bits per heavy atom. The van der Waals surface area contributed by atoms with Crippen molar-refractivity contribution in [1.29, 1.82) is 0 Å². The first-order valence-corrected chi connectivity index (χ1v) is 7.49. The molecule has 21 heavy (non-hydrogen) atoms. The Bertz CT molecular complexity index is 614. The molecule has 1 saturated heterocycles. The number of likely N-dealkylation sites (tertiary alicyclic amines) is 1. The molecule has 2 heterocycles. The molecule has 2 aromatic rings. The number of benzene rings is 1. The van der Waals surface area contributed by atoms with E-state index in [0.29, 0.717) is 29.2 Å². The topological polar surface area (TPSA) is 62.4 Å². The summed E-state index contributed by atoms with van der Waals surface area (Å²) in [7, 11) is 0. The summed E-state index contributed by atoms with van der Waals surface area (Å²) in [6.07, 6.45) is 0.742. The van der Waals surface area contributed by atoms with Crippen LogP contribution in [-0.4, -0.2) is 39.3 Å². The molecule has 1 aromatic heterocycles. The van der Waals surface area contributed by atoms with Crippen molar-refractivity contribution in [2.24, 2.45) is 5.92 Å². The summed E-state index contributed by atoms with van der Waals surface area (Å²) in [4.78, 5) is 6.64. The zero-order valence-corrected chi connectivity index (χ0v) is 12.6. The van der Waals surface area contributed by atoms with Crippen molar-refractivity contribution in [2.75, 3.05) is 13.1 Å². The molecular formula is C15H18ClN3O2. The van der Waals surface area contributed by atoms with E-state index in [4.69, 9.17) is 16.1 Å². The Morgan fingerprint density at radius 1 is 1.48 bits per heavy atom. The SMILES string of the molecule is CC(O)C1CCN(Cc2noc(-c3ccccc3Cl)n2)C1. The van der Waals surface area contributed by atoms with Gasteiger partial charge in [-0.05, 0) is 37.9 Å². The van der Waals surface area contributed by atoms with Gasteiger partial charge in [-0.25, -0.2) is 0 Å². The molecule has 0 amide bonds. The normalized spacial score (nSPS) is 20.8. The van der Waals surface area contributed by atoms with E-state index in [1.54, 1.807) is 6.07 Å². The Labute approximate surface area is 128 Å². The third-order valence-corrected chi connectivity index (χ3v) is 4.26. The lowest BCUT2D eigenvalue weighted by molar-refractivity contribution is 0.127. The predicted octanol–water partition coefficient (Wildman–Crippen LogP) is 2.59. The van der Waals surface area contributed by atoms with Crippen molar-refractivity contribution in [3.8, 4) is 11.5 Å². The van der Waals surface area contributed by atoms with Crippen LogP contribution in [0.3, 0.4) is 0 Å². The number of aliphatic hydroxyl groups excluding tert-OH is 1. The van der Waals surface area contributed by atoms with Gasteiger partial charge in [0.1, 0.15) is 0 Å². The maximum absolute atomic E-state index is 9.63. The smallest absolute Gasteiger partial charge is 0.259 e. The van der Waals surface area contributed by atoms with Crippen molar-refractivity contribution >= 4 is 11.6 Å². The minimum absolute atomic E-state index is 0.265. The van der Waals surface area contributed by atoms with E-state index in [0.717, 1.165) is 25.1 Å². The summed E-state index contributed by atoms with van der Waals surface area (Å²) in [5.41, 5.74) is 0.751. The van der Waals surface area contributed by atoms with E-state index < -0.39 is 0 Å². The first kappa shape index (κ1) is 14.5. The predicted molar refractivity (Wildman–Crippen MR) is 79.8 cm³/mol. The van der Waals surface area contributed by atoms with Gasteiger partial charge in [0.05, 0.1) is 23.2 Å². The van der Waals surface area contributed by atoms with Crippen LogP contribution in [0.25, 0.3) is 11.5 Å². The Kier molecular flexibility index (Phi) is 4.24. The lowest BCUT2D eigenvalue weighted by Crippen LogP contribution is -2.24. The van der Waals surface area contributed by atoms with Gasteiger partial charge < -0.3 is 9.63 Å². The van der Waals surface area contributed by atoms with Crippen molar-refractivity contribution in [2.45, 2.75) is 26.0 Å². The minimum atomic E-state index is -0.265. The highest BCUT2D eigenvalue weighted by atomic mass is 35.5. The van der Waals surface area contributed by atoms with Gasteiger partial charge in [0.15, 0.2) is 5.82 Å². The van der Waals surface area contributed by atoms with Crippen LogP contribution in [0.1, 0.15) is 19.2 Å². The highest BCUT2D eigenvalue weighted by Crippen LogP contribution is 2.26.